The average molecular weight is 278 g/mol. The summed E-state index contributed by atoms with van der Waals surface area (Å²) in [6, 6.07) is 20.4. The third-order valence-electron chi connectivity index (χ3n) is 3.58. The number of aromatic nitrogens is 3. The molecule has 0 aliphatic rings. The lowest BCUT2D eigenvalue weighted by atomic mass is 9.94. The maximum absolute atomic E-state index is 6.48. The predicted octanol–water partition coefficient (Wildman–Crippen LogP) is 2.44. The normalized spacial score (nSPS) is 13.8. The van der Waals surface area contributed by atoms with Gasteiger partial charge in [0.25, 0.3) is 0 Å². The van der Waals surface area contributed by atoms with Gasteiger partial charge >= 0.3 is 0 Å². The first-order valence-corrected chi connectivity index (χ1v) is 7.03. The maximum Gasteiger partial charge on any atom is 0.137 e. The molecule has 2 N–H and O–H groups in total. The quantitative estimate of drug-likeness (QED) is 0.780. The zero-order valence-corrected chi connectivity index (χ0v) is 11.7. The average Bonchev–Trinajstić information content (AvgIpc) is 3.03. The smallest absolute Gasteiger partial charge is 0.137 e. The SMILES string of the molecule is NC(Cc1ccccc1)C(c1ccccc1)n1cncn1. The van der Waals surface area contributed by atoms with Crippen LogP contribution in [-0.4, -0.2) is 20.8 Å². The molecule has 1 heterocycles. The van der Waals surface area contributed by atoms with E-state index in [2.05, 4.69) is 34.3 Å². The summed E-state index contributed by atoms with van der Waals surface area (Å²) in [6.45, 7) is 0. The van der Waals surface area contributed by atoms with Gasteiger partial charge < -0.3 is 5.73 Å². The summed E-state index contributed by atoms with van der Waals surface area (Å²) in [5.41, 5.74) is 8.86. The Hall–Kier alpha value is -2.46. The summed E-state index contributed by atoms with van der Waals surface area (Å²) in [5.74, 6) is 0. The van der Waals surface area contributed by atoms with Gasteiger partial charge in [0.1, 0.15) is 12.7 Å². The fraction of sp³-hybridized carbons (Fsp3) is 0.176. The molecule has 0 spiro atoms. The second-order valence-electron chi connectivity index (χ2n) is 5.08. The van der Waals surface area contributed by atoms with Gasteiger partial charge in [-0.15, -0.1) is 0 Å². The van der Waals surface area contributed by atoms with Crippen molar-refractivity contribution in [3.8, 4) is 0 Å². The zero-order chi connectivity index (χ0) is 14.5. The minimum atomic E-state index is -0.0727. The lowest BCUT2D eigenvalue weighted by molar-refractivity contribution is 0.429. The van der Waals surface area contributed by atoms with Crippen molar-refractivity contribution in [3.05, 3.63) is 84.4 Å². The molecule has 0 amide bonds. The van der Waals surface area contributed by atoms with E-state index >= 15 is 0 Å². The first kappa shape index (κ1) is 13.5. The Morgan fingerprint density at radius 2 is 1.62 bits per heavy atom. The zero-order valence-electron chi connectivity index (χ0n) is 11.7. The van der Waals surface area contributed by atoms with Gasteiger partial charge in [-0.1, -0.05) is 60.7 Å². The van der Waals surface area contributed by atoms with Crippen molar-refractivity contribution in [1.82, 2.24) is 14.8 Å². The van der Waals surface area contributed by atoms with E-state index in [-0.39, 0.29) is 12.1 Å². The fourth-order valence-corrected chi connectivity index (χ4v) is 2.61. The highest BCUT2D eigenvalue weighted by molar-refractivity contribution is 5.23. The Kier molecular flexibility index (Phi) is 4.07. The van der Waals surface area contributed by atoms with Gasteiger partial charge in [-0.2, -0.15) is 5.10 Å². The molecule has 3 aromatic rings. The van der Waals surface area contributed by atoms with Crippen molar-refractivity contribution in [2.75, 3.05) is 0 Å². The molecular weight excluding hydrogens is 260 g/mol. The third-order valence-corrected chi connectivity index (χ3v) is 3.58. The molecule has 21 heavy (non-hydrogen) atoms. The molecule has 2 aromatic carbocycles. The van der Waals surface area contributed by atoms with Crippen molar-refractivity contribution in [2.24, 2.45) is 5.73 Å². The molecular formula is C17H18N4. The van der Waals surface area contributed by atoms with Crippen LogP contribution < -0.4 is 5.73 Å². The second kappa shape index (κ2) is 6.33. The number of benzene rings is 2. The lowest BCUT2D eigenvalue weighted by Gasteiger charge is -2.24. The summed E-state index contributed by atoms with van der Waals surface area (Å²) in [6.07, 6.45) is 4.06. The van der Waals surface area contributed by atoms with E-state index in [4.69, 9.17) is 5.73 Å². The first-order chi connectivity index (χ1) is 10.3. The van der Waals surface area contributed by atoms with Gasteiger partial charge in [-0.05, 0) is 17.5 Å². The number of hydrogen-bond acceptors (Lipinski definition) is 3. The monoisotopic (exact) mass is 278 g/mol. The molecule has 106 valence electrons. The van der Waals surface area contributed by atoms with E-state index in [0.717, 1.165) is 12.0 Å². The van der Waals surface area contributed by atoms with Crippen LogP contribution in [0.3, 0.4) is 0 Å². The molecule has 0 fully saturated rings. The topological polar surface area (TPSA) is 56.7 Å². The summed E-state index contributed by atoms with van der Waals surface area (Å²) < 4.78 is 1.84. The number of nitrogens with zero attached hydrogens (tertiary/aromatic N) is 3. The largest absolute Gasteiger partial charge is 0.325 e. The highest BCUT2D eigenvalue weighted by atomic mass is 15.3. The van der Waals surface area contributed by atoms with Gasteiger partial charge in [-0.25, -0.2) is 9.67 Å². The Labute approximate surface area is 124 Å². The standard InChI is InChI=1S/C17H18N4/c18-16(11-14-7-3-1-4-8-14)17(21-13-19-12-20-21)15-9-5-2-6-10-15/h1-10,12-13,16-17H,11,18H2. The Morgan fingerprint density at radius 1 is 0.952 bits per heavy atom. The molecule has 3 rings (SSSR count). The number of rotatable bonds is 5. The van der Waals surface area contributed by atoms with E-state index < -0.39 is 0 Å². The van der Waals surface area contributed by atoms with Crippen molar-refractivity contribution in [2.45, 2.75) is 18.5 Å². The molecule has 2 unspecified atom stereocenters. The Balaban J connectivity index is 1.89. The van der Waals surface area contributed by atoms with Gasteiger partial charge in [0.05, 0.1) is 6.04 Å². The Morgan fingerprint density at radius 3 is 2.24 bits per heavy atom. The van der Waals surface area contributed by atoms with Crippen molar-refractivity contribution in [3.63, 3.8) is 0 Å². The number of nitrogens with two attached hydrogens (primary N) is 1. The van der Waals surface area contributed by atoms with Crippen LogP contribution >= 0.6 is 0 Å². The summed E-state index contributed by atoms with van der Waals surface area (Å²) in [5, 5.41) is 4.28. The van der Waals surface area contributed by atoms with Crippen molar-refractivity contribution < 1.29 is 0 Å². The fourth-order valence-electron chi connectivity index (χ4n) is 2.61. The molecule has 0 radical (unpaired) electrons. The first-order valence-electron chi connectivity index (χ1n) is 7.03. The van der Waals surface area contributed by atoms with Crippen LogP contribution in [0.5, 0.6) is 0 Å². The summed E-state index contributed by atoms with van der Waals surface area (Å²) in [4.78, 5) is 4.05. The molecule has 0 aliphatic heterocycles. The second-order valence-corrected chi connectivity index (χ2v) is 5.08. The van der Waals surface area contributed by atoms with Crippen molar-refractivity contribution >= 4 is 0 Å². The van der Waals surface area contributed by atoms with Crippen LogP contribution in [0, 0.1) is 0 Å². The third kappa shape index (κ3) is 3.17. The summed E-state index contributed by atoms with van der Waals surface area (Å²) >= 11 is 0. The molecule has 0 aliphatic carbocycles. The van der Waals surface area contributed by atoms with E-state index in [1.54, 1.807) is 12.7 Å². The van der Waals surface area contributed by atoms with E-state index in [9.17, 15) is 0 Å². The maximum atomic E-state index is 6.48. The lowest BCUT2D eigenvalue weighted by Crippen LogP contribution is -2.35. The van der Waals surface area contributed by atoms with Crippen LogP contribution in [0.4, 0.5) is 0 Å². The van der Waals surface area contributed by atoms with Crippen LogP contribution in [-0.2, 0) is 6.42 Å². The minimum Gasteiger partial charge on any atom is -0.325 e. The van der Waals surface area contributed by atoms with E-state index in [1.165, 1.54) is 5.56 Å². The van der Waals surface area contributed by atoms with Gasteiger partial charge in [0.15, 0.2) is 0 Å². The van der Waals surface area contributed by atoms with E-state index in [1.807, 2.05) is 41.1 Å². The molecule has 4 nitrogen and oxygen atoms in total. The van der Waals surface area contributed by atoms with Gasteiger partial charge in [-0.3, -0.25) is 0 Å². The highest BCUT2D eigenvalue weighted by Gasteiger charge is 2.22. The highest BCUT2D eigenvalue weighted by Crippen LogP contribution is 2.22. The van der Waals surface area contributed by atoms with Crippen LogP contribution in [0.2, 0.25) is 0 Å². The van der Waals surface area contributed by atoms with Crippen LogP contribution in [0.25, 0.3) is 0 Å². The molecule has 0 bridgehead atoms. The summed E-state index contributed by atoms with van der Waals surface area (Å²) in [7, 11) is 0. The minimum absolute atomic E-state index is 0.0195. The molecule has 0 saturated heterocycles. The molecule has 1 aromatic heterocycles. The molecule has 4 heteroatoms. The van der Waals surface area contributed by atoms with Crippen LogP contribution in [0.15, 0.2) is 73.3 Å². The van der Waals surface area contributed by atoms with E-state index in [0.29, 0.717) is 0 Å². The van der Waals surface area contributed by atoms with Crippen LogP contribution in [0.1, 0.15) is 17.2 Å². The number of hydrogen-bond donors (Lipinski definition) is 1. The van der Waals surface area contributed by atoms with Crippen molar-refractivity contribution in [1.29, 1.82) is 0 Å². The molecule has 0 saturated carbocycles. The Bertz CT molecular complexity index is 650. The predicted molar refractivity (Wildman–Crippen MR) is 82.7 cm³/mol. The van der Waals surface area contributed by atoms with Gasteiger partial charge in [0, 0.05) is 6.04 Å². The van der Waals surface area contributed by atoms with Gasteiger partial charge in [0.2, 0.25) is 0 Å². The molecule has 2 atom stereocenters.